The molecule has 0 atom stereocenters. The molecule has 5 nitrogen and oxygen atoms in total. The molecule has 0 aliphatic heterocycles. The van der Waals surface area contributed by atoms with Crippen LogP contribution in [0.5, 0.6) is 5.75 Å². The van der Waals surface area contributed by atoms with Crippen LogP contribution >= 0.6 is 0 Å². The van der Waals surface area contributed by atoms with E-state index < -0.39 is 0 Å². The number of allylic oxidation sites excluding steroid dienone is 1. The van der Waals surface area contributed by atoms with Gasteiger partial charge in [0, 0.05) is 18.7 Å². The minimum Gasteiger partial charge on any atom is -0.489 e. The molecule has 0 aliphatic rings. The predicted molar refractivity (Wildman–Crippen MR) is 127 cm³/mol. The second kappa shape index (κ2) is 11.5. The summed E-state index contributed by atoms with van der Waals surface area (Å²) in [7, 11) is 0. The molecule has 3 aromatic carbocycles. The fourth-order valence-corrected chi connectivity index (χ4v) is 3.14. The van der Waals surface area contributed by atoms with Gasteiger partial charge in [-0.2, -0.15) is 0 Å². The second-order valence-electron chi connectivity index (χ2n) is 7.23. The van der Waals surface area contributed by atoms with E-state index in [1.807, 2.05) is 72.8 Å². The van der Waals surface area contributed by atoms with Gasteiger partial charge in [-0.15, -0.1) is 0 Å². The summed E-state index contributed by atoms with van der Waals surface area (Å²) in [6.07, 6.45) is 4.70. The Morgan fingerprint density at radius 2 is 1.72 bits per heavy atom. The molecule has 32 heavy (non-hydrogen) atoms. The first kappa shape index (κ1) is 22.8. The molecular formula is C27H27NO4. The van der Waals surface area contributed by atoms with Crippen LogP contribution in [0, 0.1) is 0 Å². The van der Waals surface area contributed by atoms with E-state index >= 15 is 0 Å². The molecule has 0 bridgehead atoms. The first-order chi connectivity index (χ1) is 15.5. The molecule has 0 fully saturated rings. The summed E-state index contributed by atoms with van der Waals surface area (Å²) in [6, 6.07) is 22.9. The van der Waals surface area contributed by atoms with Gasteiger partial charge in [-0.25, -0.2) is 4.79 Å². The number of ether oxygens (including phenoxy) is 2. The fraction of sp³-hybridized carbons (Fsp3) is 0.185. The highest BCUT2D eigenvalue weighted by atomic mass is 16.5. The minimum absolute atomic E-state index is 0.127. The molecule has 164 valence electrons. The monoisotopic (exact) mass is 429 g/mol. The van der Waals surface area contributed by atoms with Crippen molar-refractivity contribution in [1.82, 2.24) is 0 Å². The Labute approximate surface area is 188 Å². The molecule has 0 saturated carbocycles. The first-order valence-corrected chi connectivity index (χ1v) is 10.6. The van der Waals surface area contributed by atoms with Crippen LogP contribution in [0.3, 0.4) is 0 Å². The standard InChI is InChI=1S/C27H27NO4/c1-3-31-27(30)24-14-12-21(13-15-24)10-7-11-23-16-17-25(28-20(2)29)18-26(23)32-19-22-8-5-4-6-9-22/h4-10,12-18H,3,11,19H2,1-2H3,(H,28,29)/b10-7-. The molecule has 0 aliphatic carbocycles. The van der Waals surface area contributed by atoms with E-state index in [4.69, 9.17) is 9.47 Å². The van der Waals surface area contributed by atoms with E-state index in [9.17, 15) is 9.59 Å². The molecule has 0 saturated heterocycles. The molecule has 1 amide bonds. The number of rotatable bonds is 9. The zero-order chi connectivity index (χ0) is 22.8. The molecule has 0 aromatic heterocycles. The quantitative estimate of drug-likeness (QED) is 0.446. The van der Waals surface area contributed by atoms with Crippen molar-refractivity contribution < 1.29 is 19.1 Å². The van der Waals surface area contributed by atoms with Gasteiger partial charge in [0.25, 0.3) is 0 Å². The van der Waals surface area contributed by atoms with Crippen molar-refractivity contribution >= 4 is 23.6 Å². The third kappa shape index (κ3) is 6.84. The van der Waals surface area contributed by atoms with E-state index in [0.29, 0.717) is 30.9 Å². The number of esters is 1. The van der Waals surface area contributed by atoms with Gasteiger partial charge in [0.2, 0.25) is 5.91 Å². The molecule has 0 spiro atoms. The molecule has 0 radical (unpaired) electrons. The van der Waals surface area contributed by atoms with Crippen molar-refractivity contribution in [3.8, 4) is 5.75 Å². The molecule has 0 heterocycles. The summed E-state index contributed by atoms with van der Waals surface area (Å²) in [4.78, 5) is 23.2. The van der Waals surface area contributed by atoms with Gasteiger partial charge < -0.3 is 14.8 Å². The minimum atomic E-state index is -0.317. The van der Waals surface area contributed by atoms with Crippen molar-refractivity contribution in [1.29, 1.82) is 0 Å². The highest BCUT2D eigenvalue weighted by Gasteiger charge is 2.07. The lowest BCUT2D eigenvalue weighted by Gasteiger charge is -2.13. The Morgan fingerprint density at radius 1 is 0.969 bits per heavy atom. The largest absolute Gasteiger partial charge is 0.489 e. The molecule has 1 N–H and O–H groups in total. The average Bonchev–Trinajstić information content (AvgIpc) is 2.80. The van der Waals surface area contributed by atoms with E-state index in [1.165, 1.54) is 6.92 Å². The third-order valence-electron chi connectivity index (χ3n) is 4.69. The molecule has 3 rings (SSSR count). The lowest BCUT2D eigenvalue weighted by molar-refractivity contribution is -0.114. The number of carbonyl (C=O) groups is 2. The zero-order valence-corrected chi connectivity index (χ0v) is 18.3. The Morgan fingerprint density at radius 3 is 2.41 bits per heavy atom. The number of hydrogen-bond donors (Lipinski definition) is 1. The van der Waals surface area contributed by atoms with E-state index in [2.05, 4.69) is 5.32 Å². The van der Waals surface area contributed by atoms with Crippen LogP contribution in [0.25, 0.3) is 6.08 Å². The number of carbonyl (C=O) groups excluding carboxylic acids is 2. The zero-order valence-electron chi connectivity index (χ0n) is 18.3. The van der Waals surface area contributed by atoms with Crippen LogP contribution in [0.15, 0.2) is 78.9 Å². The normalized spacial score (nSPS) is 10.7. The Hall–Kier alpha value is -3.86. The molecule has 0 unspecified atom stereocenters. The van der Waals surface area contributed by atoms with Crippen molar-refractivity contribution in [2.75, 3.05) is 11.9 Å². The average molecular weight is 430 g/mol. The number of nitrogens with one attached hydrogen (secondary N) is 1. The highest BCUT2D eigenvalue weighted by molar-refractivity contribution is 5.89. The van der Waals surface area contributed by atoms with Gasteiger partial charge >= 0.3 is 5.97 Å². The van der Waals surface area contributed by atoms with Gasteiger partial charge in [-0.1, -0.05) is 60.7 Å². The number of benzene rings is 3. The maximum absolute atomic E-state index is 11.8. The van der Waals surface area contributed by atoms with Crippen LogP contribution in [-0.4, -0.2) is 18.5 Å². The number of anilines is 1. The lowest BCUT2D eigenvalue weighted by atomic mass is 10.1. The highest BCUT2D eigenvalue weighted by Crippen LogP contribution is 2.26. The van der Waals surface area contributed by atoms with Crippen LogP contribution in [0.4, 0.5) is 5.69 Å². The smallest absolute Gasteiger partial charge is 0.338 e. The van der Waals surface area contributed by atoms with Crippen LogP contribution in [-0.2, 0) is 22.6 Å². The number of amides is 1. The van der Waals surface area contributed by atoms with Crippen molar-refractivity contribution in [3.05, 3.63) is 101 Å². The summed E-state index contributed by atoms with van der Waals surface area (Å²) in [5, 5.41) is 2.80. The van der Waals surface area contributed by atoms with Crippen LogP contribution in [0.2, 0.25) is 0 Å². The molecule has 5 heteroatoms. The van der Waals surface area contributed by atoms with E-state index in [1.54, 1.807) is 19.1 Å². The van der Waals surface area contributed by atoms with Gasteiger partial charge in [0.15, 0.2) is 0 Å². The maximum atomic E-state index is 11.8. The summed E-state index contributed by atoms with van der Waals surface area (Å²) < 4.78 is 11.1. The van der Waals surface area contributed by atoms with Crippen molar-refractivity contribution in [2.45, 2.75) is 26.9 Å². The maximum Gasteiger partial charge on any atom is 0.338 e. The number of hydrogen-bond acceptors (Lipinski definition) is 4. The van der Waals surface area contributed by atoms with Gasteiger partial charge in [0.1, 0.15) is 12.4 Å². The van der Waals surface area contributed by atoms with E-state index in [0.717, 1.165) is 22.4 Å². The SMILES string of the molecule is CCOC(=O)c1ccc(/C=C\Cc2ccc(NC(C)=O)cc2OCc2ccccc2)cc1. The first-order valence-electron chi connectivity index (χ1n) is 10.6. The molecular weight excluding hydrogens is 402 g/mol. The van der Waals surface area contributed by atoms with Crippen LogP contribution < -0.4 is 10.1 Å². The molecule has 3 aromatic rings. The van der Waals surface area contributed by atoms with Crippen molar-refractivity contribution in [3.63, 3.8) is 0 Å². The second-order valence-corrected chi connectivity index (χ2v) is 7.23. The Balaban J connectivity index is 1.71. The summed E-state index contributed by atoms with van der Waals surface area (Å²) >= 11 is 0. The van der Waals surface area contributed by atoms with Crippen molar-refractivity contribution in [2.24, 2.45) is 0 Å². The van der Waals surface area contributed by atoms with Gasteiger partial charge in [0.05, 0.1) is 12.2 Å². The fourth-order valence-electron chi connectivity index (χ4n) is 3.14. The topological polar surface area (TPSA) is 64.6 Å². The summed E-state index contributed by atoms with van der Waals surface area (Å²) in [5.74, 6) is 0.280. The summed E-state index contributed by atoms with van der Waals surface area (Å²) in [5.41, 5.74) is 4.30. The van der Waals surface area contributed by atoms with Gasteiger partial charge in [-0.05, 0) is 48.2 Å². The lowest BCUT2D eigenvalue weighted by Crippen LogP contribution is -2.06. The third-order valence-corrected chi connectivity index (χ3v) is 4.69. The Bertz CT molecular complexity index is 1070. The predicted octanol–water partition coefficient (Wildman–Crippen LogP) is 5.66. The van der Waals surface area contributed by atoms with Crippen LogP contribution in [0.1, 0.15) is 40.9 Å². The Kier molecular flexibility index (Phi) is 8.21. The summed E-state index contributed by atoms with van der Waals surface area (Å²) in [6.45, 7) is 4.07. The van der Waals surface area contributed by atoms with E-state index in [-0.39, 0.29) is 11.9 Å². The van der Waals surface area contributed by atoms with Gasteiger partial charge in [-0.3, -0.25) is 4.79 Å².